The van der Waals surface area contributed by atoms with Gasteiger partial charge in [-0.1, -0.05) is 29.5 Å². The fourth-order valence-corrected chi connectivity index (χ4v) is 3.34. The number of non-ortho nitro benzene ring substituents is 1. The van der Waals surface area contributed by atoms with Gasteiger partial charge in [-0.25, -0.2) is 0 Å². The van der Waals surface area contributed by atoms with Gasteiger partial charge in [0, 0.05) is 40.4 Å². The Balaban J connectivity index is 1.87. The number of carbonyl (C=O) groups is 1. The molecule has 0 atom stereocenters. The van der Waals surface area contributed by atoms with Crippen LogP contribution in [0.5, 0.6) is 0 Å². The highest BCUT2D eigenvalue weighted by Crippen LogP contribution is 2.33. The molecule has 7 nitrogen and oxygen atoms in total. The molecule has 0 unspecified atom stereocenters. The molecular formula is C19H18N4O3S. The maximum Gasteiger partial charge on any atom is 0.276 e. The van der Waals surface area contributed by atoms with Crippen LogP contribution in [0.2, 0.25) is 0 Å². The number of benzene rings is 2. The molecule has 0 bridgehead atoms. The number of aromatic nitrogens is 2. The van der Waals surface area contributed by atoms with Gasteiger partial charge in [-0.3, -0.25) is 19.6 Å². The third kappa shape index (κ3) is 4.53. The summed E-state index contributed by atoms with van der Waals surface area (Å²) >= 11 is 1.40. The predicted octanol–water partition coefficient (Wildman–Crippen LogP) is 4.35. The SMILES string of the molecule is Cc1ccc(Sc2cc(NC(=O)c3cc(C)n(C)n3)cc([N+](=O)[O-])c2)cc1. The zero-order valence-corrected chi connectivity index (χ0v) is 15.9. The second kappa shape index (κ2) is 7.63. The summed E-state index contributed by atoms with van der Waals surface area (Å²) in [6.45, 7) is 3.84. The van der Waals surface area contributed by atoms with Crippen molar-refractivity contribution in [3.05, 3.63) is 75.6 Å². The van der Waals surface area contributed by atoms with E-state index in [-0.39, 0.29) is 11.4 Å². The van der Waals surface area contributed by atoms with Gasteiger partial charge in [0.15, 0.2) is 5.69 Å². The number of nitrogens with one attached hydrogen (secondary N) is 1. The largest absolute Gasteiger partial charge is 0.320 e. The van der Waals surface area contributed by atoms with Gasteiger partial charge in [-0.2, -0.15) is 5.10 Å². The van der Waals surface area contributed by atoms with Crippen LogP contribution < -0.4 is 5.32 Å². The molecule has 138 valence electrons. The number of rotatable bonds is 5. The molecule has 2 aromatic carbocycles. The molecule has 0 aliphatic heterocycles. The highest BCUT2D eigenvalue weighted by molar-refractivity contribution is 7.99. The van der Waals surface area contributed by atoms with Gasteiger partial charge in [0.1, 0.15) is 0 Å². The van der Waals surface area contributed by atoms with E-state index in [2.05, 4.69) is 10.4 Å². The minimum atomic E-state index is -0.472. The van der Waals surface area contributed by atoms with Gasteiger partial charge in [0.05, 0.1) is 4.92 Å². The first kappa shape index (κ1) is 18.7. The molecule has 27 heavy (non-hydrogen) atoms. The summed E-state index contributed by atoms with van der Waals surface area (Å²) in [4.78, 5) is 24.8. The second-order valence-corrected chi connectivity index (χ2v) is 7.28. The van der Waals surface area contributed by atoms with Crippen LogP contribution in [0.25, 0.3) is 0 Å². The lowest BCUT2D eigenvalue weighted by atomic mass is 10.2. The van der Waals surface area contributed by atoms with E-state index in [1.807, 2.05) is 38.1 Å². The van der Waals surface area contributed by atoms with Crippen molar-refractivity contribution in [3.63, 3.8) is 0 Å². The summed E-state index contributed by atoms with van der Waals surface area (Å²) in [5.41, 5.74) is 2.51. The Hall–Kier alpha value is -3.13. The molecule has 0 aliphatic carbocycles. The van der Waals surface area contributed by atoms with E-state index in [0.717, 1.165) is 16.2 Å². The Morgan fingerprint density at radius 2 is 1.81 bits per heavy atom. The van der Waals surface area contributed by atoms with Crippen molar-refractivity contribution >= 4 is 29.0 Å². The average molecular weight is 382 g/mol. The van der Waals surface area contributed by atoms with E-state index < -0.39 is 10.8 Å². The van der Waals surface area contributed by atoms with Gasteiger partial charge in [-0.05, 0) is 38.1 Å². The Labute approximate surface area is 160 Å². The average Bonchev–Trinajstić information content (AvgIpc) is 2.96. The molecule has 0 saturated heterocycles. The molecule has 1 heterocycles. The van der Waals surface area contributed by atoms with E-state index in [9.17, 15) is 14.9 Å². The number of nitro benzene ring substituents is 1. The summed E-state index contributed by atoms with van der Waals surface area (Å²) in [6, 6.07) is 14.1. The van der Waals surface area contributed by atoms with Crippen LogP contribution in [-0.2, 0) is 7.05 Å². The quantitative estimate of drug-likeness (QED) is 0.523. The molecule has 3 rings (SSSR count). The monoisotopic (exact) mass is 382 g/mol. The van der Waals surface area contributed by atoms with Crippen LogP contribution in [0.3, 0.4) is 0 Å². The third-order valence-corrected chi connectivity index (χ3v) is 4.94. The molecule has 0 fully saturated rings. The summed E-state index contributed by atoms with van der Waals surface area (Å²) in [5.74, 6) is -0.412. The summed E-state index contributed by atoms with van der Waals surface area (Å²) in [5, 5.41) is 18.1. The molecule has 8 heteroatoms. The predicted molar refractivity (Wildman–Crippen MR) is 104 cm³/mol. The van der Waals surface area contributed by atoms with Crippen molar-refractivity contribution in [3.8, 4) is 0 Å². The van der Waals surface area contributed by atoms with Crippen LogP contribution in [0, 0.1) is 24.0 Å². The van der Waals surface area contributed by atoms with Gasteiger partial charge >= 0.3 is 0 Å². The zero-order valence-electron chi connectivity index (χ0n) is 15.1. The molecular weight excluding hydrogens is 364 g/mol. The Kier molecular flexibility index (Phi) is 5.27. The fourth-order valence-electron chi connectivity index (χ4n) is 2.43. The zero-order chi connectivity index (χ0) is 19.6. The van der Waals surface area contributed by atoms with Gasteiger partial charge in [0.25, 0.3) is 11.6 Å². The van der Waals surface area contributed by atoms with Crippen molar-refractivity contribution in [1.29, 1.82) is 0 Å². The van der Waals surface area contributed by atoms with E-state index in [1.54, 1.807) is 23.9 Å². The highest BCUT2D eigenvalue weighted by Gasteiger charge is 2.15. The molecule has 3 aromatic rings. The van der Waals surface area contributed by atoms with Crippen molar-refractivity contribution < 1.29 is 9.72 Å². The van der Waals surface area contributed by atoms with Crippen LogP contribution in [0.1, 0.15) is 21.7 Å². The smallest absolute Gasteiger partial charge is 0.276 e. The maximum absolute atomic E-state index is 12.4. The Bertz CT molecular complexity index is 993. The van der Waals surface area contributed by atoms with Gasteiger partial charge in [0.2, 0.25) is 0 Å². The molecule has 0 aliphatic rings. The second-order valence-electron chi connectivity index (χ2n) is 6.14. The minimum absolute atomic E-state index is 0.0837. The van der Waals surface area contributed by atoms with Crippen molar-refractivity contribution in [2.45, 2.75) is 23.6 Å². The first-order valence-corrected chi connectivity index (χ1v) is 8.99. The van der Waals surface area contributed by atoms with Crippen molar-refractivity contribution in [2.24, 2.45) is 7.05 Å². The summed E-state index contributed by atoms with van der Waals surface area (Å²) < 4.78 is 1.60. The molecule has 0 spiro atoms. The van der Waals surface area contributed by atoms with Crippen LogP contribution in [0.15, 0.2) is 58.3 Å². The number of hydrogen-bond donors (Lipinski definition) is 1. The third-order valence-electron chi connectivity index (χ3n) is 3.96. The first-order chi connectivity index (χ1) is 12.8. The van der Waals surface area contributed by atoms with E-state index in [4.69, 9.17) is 0 Å². The fraction of sp³-hybridized carbons (Fsp3) is 0.158. The highest BCUT2D eigenvalue weighted by atomic mass is 32.2. The lowest BCUT2D eigenvalue weighted by Crippen LogP contribution is -2.13. The van der Waals surface area contributed by atoms with Crippen LogP contribution in [0.4, 0.5) is 11.4 Å². The summed E-state index contributed by atoms with van der Waals surface area (Å²) in [7, 11) is 1.75. The number of carbonyl (C=O) groups excluding carboxylic acids is 1. The van der Waals surface area contributed by atoms with E-state index in [1.165, 1.54) is 23.9 Å². The summed E-state index contributed by atoms with van der Waals surface area (Å²) in [6.07, 6.45) is 0. The Morgan fingerprint density at radius 3 is 2.41 bits per heavy atom. The lowest BCUT2D eigenvalue weighted by molar-refractivity contribution is -0.385. The van der Waals surface area contributed by atoms with Crippen LogP contribution >= 0.6 is 11.8 Å². The molecule has 1 amide bonds. The van der Waals surface area contributed by atoms with Crippen molar-refractivity contribution in [1.82, 2.24) is 9.78 Å². The van der Waals surface area contributed by atoms with Crippen molar-refractivity contribution in [2.75, 3.05) is 5.32 Å². The number of anilines is 1. The van der Waals surface area contributed by atoms with Gasteiger partial charge < -0.3 is 5.32 Å². The molecule has 0 saturated carbocycles. The standard InChI is InChI=1S/C19H18N4O3S/c1-12-4-6-16(7-5-12)27-17-10-14(9-15(11-17)23(25)26)20-19(24)18-8-13(2)22(3)21-18/h4-11H,1-3H3,(H,20,24). The normalized spacial score (nSPS) is 10.6. The topological polar surface area (TPSA) is 90.1 Å². The number of nitrogens with zero attached hydrogens (tertiary/aromatic N) is 3. The molecule has 1 aromatic heterocycles. The molecule has 0 radical (unpaired) electrons. The minimum Gasteiger partial charge on any atom is -0.320 e. The first-order valence-electron chi connectivity index (χ1n) is 8.18. The lowest BCUT2D eigenvalue weighted by Gasteiger charge is -2.07. The Morgan fingerprint density at radius 1 is 1.11 bits per heavy atom. The molecule has 1 N–H and O–H groups in total. The number of aryl methyl sites for hydroxylation is 3. The number of nitro groups is 1. The van der Waals surface area contributed by atoms with E-state index >= 15 is 0 Å². The van der Waals surface area contributed by atoms with E-state index in [0.29, 0.717) is 10.6 Å². The number of hydrogen-bond acceptors (Lipinski definition) is 5. The maximum atomic E-state index is 12.4. The van der Waals surface area contributed by atoms with Gasteiger partial charge in [-0.15, -0.1) is 0 Å². The van der Waals surface area contributed by atoms with Crippen LogP contribution in [-0.4, -0.2) is 20.6 Å². The number of amides is 1.